The van der Waals surface area contributed by atoms with Gasteiger partial charge in [-0.1, -0.05) is 11.8 Å². The monoisotopic (exact) mass is 246 g/mol. The third-order valence-electron chi connectivity index (χ3n) is 2.23. The van der Waals surface area contributed by atoms with Crippen LogP contribution in [-0.4, -0.2) is 12.2 Å². The predicted octanol–water partition coefficient (Wildman–Crippen LogP) is 2.20. The maximum absolute atomic E-state index is 11.8. The number of alkyl halides is 1. The van der Waals surface area contributed by atoms with Crippen LogP contribution in [0, 0.1) is 11.8 Å². The van der Waals surface area contributed by atoms with Gasteiger partial charge in [0.1, 0.15) is 11.8 Å². The average Bonchev–Trinajstić information content (AvgIpc) is 2.37. The lowest BCUT2D eigenvalue weighted by molar-refractivity contribution is 0.112. The topological polar surface area (TPSA) is 47.3 Å². The predicted molar refractivity (Wildman–Crippen MR) is 65.5 cm³/mol. The lowest BCUT2D eigenvalue weighted by Crippen LogP contribution is -2.07. The zero-order chi connectivity index (χ0) is 12.3. The molecule has 0 N–H and O–H groups in total. The van der Waals surface area contributed by atoms with Crippen LogP contribution >= 0.6 is 11.6 Å². The van der Waals surface area contributed by atoms with Crippen LogP contribution in [-0.2, 0) is 0 Å². The van der Waals surface area contributed by atoms with E-state index in [1.807, 2.05) is 0 Å². The number of aldehydes is 1. The molecule has 1 aromatic carbocycles. The van der Waals surface area contributed by atoms with E-state index in [1.54, 1.807) is 18.2 Å². The van der Waals surface area contributed by atoms with E-state index in [4.69, 9.17) is 16.0 Å². The Morgan fingerprint density at radius 1 is 1.41 bits per heavy atom. The molecule has 4 heteroatoms. The average molecular weight is 247 g/mol. The van der Waals surface area contributed by atoms with Crippen molar-refractivity contribution in [2.75, 3.05) is 5.88 Å². The van der Waals surface area contributed by atoms with Gasteiger partial charge in [0.2, 0.25) is 5.43 Å². The van der Waals surface area contributed by atoms with Crippen molar-refractivity contribution in [1.29, 1.82) is 0 Å². The molecule has 2 rings (SSSR count). The van der Waals surface area contributed by atoms with Gasteiger partial charge < -0.3 is 4.42 Å². The Kier molecular flexibility index (Phi) is 3.27. The Morgan fingerprint density at radius 3 is 2.94 bits per heavy atom. The highest BCUT2D eigenvalue weighted by Gasteiger charge is 2.06. The Morgan fingerprint density at radius 2 is 2.24 bits per heavy atom. The van der Waals surface area contributed by atoms with Gasteiger partial charge in [-0.25, -0.2) is 0 Å². The standard InChI is InChI=1S/C13H7ClO3/c14-5-1-2-9-3-4-12-11(6-9)13(16)10(7-15)8-17-12/h3-4,6-8H,5H2. The number of rotatable bonds is 1. The minimum absolute atomic E-state index is 0.0000439. The summed E-state index contributed by atoms with van der Waals surface area (Å²) in [5.74, 6) is 5.71. The molecule has 84 valence electrons. The highest BCUT2D eigenvalue weighted by atomic mass is 35.5. The van der Waals surface area contributed by atoms with Gasteiger partial charge in [0.25, 0.3) is 0 Å². The molecule has 0 aliphatic carbocycles. The number of halogens is 1. The maximum Gasteiger partial charge on any atom is 0.203 e. The molecule has 2 aromatic rings. The third kappa shape index (κ3) is 2.22. The molecule has 0 radical (unpaired) electrons. The summed E-state index contributed by atoms with van der Waals surface area (Å²) >= 11 is 5.45. The van der Waals surface area contributed by atoms with E-state index in [1.165, 1.54) is 0 Å². The van der Waals surface area contributed by atoms with E-state index < -0.39 is 0 Å². The van der Waals surface area contributed by atoms with Crippen LogP contribution in [0.15, 0.2) is 33.7 Å². The van der Waals surface area contributed by atoms with Gasteiger partial charge in [-0.3, -0.25) is 9.59 Å². The molecule has 0 aliphatic heterocycles. The SMILES string of the molecule is O=Cc1coc2ccc(C#CCCl)cc2c1=O. The van der Waals surface area contributed by atoms with Gasteiger partial charge in [0.05, 0.1) is 16.8 Å². The Hall–Kier alpha value is -2.05. The molecule has 0 saturated carbocycles. The zero-order valence-corrected chi connectivity index (χ0v) is 9.45. The lowest BCUT2D eigenvalue weighted by atomic mass is 10.1. The van der Waals surface area contributed by atoms with Crippen LogP contribution in [0.3, 0.4) is 0 Å². The summed E-state index contributed by atoms with van der Waals surface area (Å²) in [5.41, 5.74) is 0.737. The molecule has 0 bridgehead atoms. The minimum Gasteiger partial charge on any atom is -0.463 e. The summed E-state index contributed by atoms with van der Waals surface area (Å²) in [7, 11) is 0. The van der Waals surface area contributed by atoms with Gasteiger partial charge >= 0.3 is 0 Å². The molecular weight excluding hydrogens is 240 g/mol. The van der Waals surface area contributed by atoms with E-state index >= 15 is 0 Å². The number of benzene rings is 1. The fourth-order valence-electron chi connectivity index (χ4n) is 1.44. The molecule has 1 aromatic heterocycles. The van der Waals surface area contributed by atoms with Crippen molar-refractivity contribution in [3.05, 3.63) is 45.8 Å². The number of carbonyl (C=O) groups excluding carboxylic acids is 1. The molecular formula is C13H7ClO3. The second kappa shape index (κ2) is 4.86. The van der Waals surface area contributed by atoms with Crippen molar-refractivity contribution >= 4 is 28.9 Å². The molecule has 0 amide bonds. The van der Waals surface area contributed by atoms with E-state index in [0.717, 1.165) is 6.26 Å². The van der Waals surface area contributed by atoms with Gasteiger partial charge in [-0.15, -0.1) is 11.6 Å². The Labute approximate surface area is 102 Å². The number of fused-ring (bicyclic) bond motifs is 1. The molecule has 0 atom stereocenters. The summed E-state index contributed by atoms with van der Waals surface area (Å²) in [5, 5.41) is 0.343. The molecule has 1 heterocycles. The van der Waals surface area contributed by atoms with Crippen LogP contribution in [0.1, 0.15) is 15.9 Å². The first-order valence-electron chi connectivity index (χ1n) is 4.82. The summed E-state index contributed by atoms with van der Waals surface area (Å²) in [6.45, 7) is 0. The molecule has 0 fully saturated rings. The van der Waals surface area contributed by atoms with E-state index in [-0.39, 0.29) is 16.9 Å². The van der Waals surface area contributed by atoms with Gasteiger partial charge in [0, 0.05) is 5.56 Å². The highest BCUT2D eigenvalue weighted by Crippen LogP contribution is 2.12. The fraction of sp³-hybridized carbons (Fsp3) is 0.0769. The molecule has 3 nitrogen and oxygen atoms in total. The lowest BCUT2D eigenvalue weighted by Gasteiger charge is -1.97. The van der Waals surface area contributed by atoms with Crippen molar-refractivity contribution in [2.45, 2.75) is 0 Å². The van der Waals surface area contributed by atoms with Gasteiger partial charge in [-0.05, 0) is 18.2 Å². The Bertz CT molecular complexity index is 689. The first-order chi connectivity index (χ1) is 8.26. The summed E-state index contributed by atoms with van der Waals surface area (Å²) < 4.78 is 5.17. The van der Waals surface area contributed by atoms with Crippen molar-refractivity contribution < 1.29 is 9.21 Å². The van der Waals surface area contributed by atoms with E-state index in [9.17, 15) is 9.59 Å². The third-order valence-corrected chi connectivity index (χ3v) is 2.36. The summed E-state index contributed by atoms with van der Waals surface area (Å²) in [4.78, 5) is 22.4. The van der Waals surface area contributed by atoms with Crippen molar-refractivity contribution in [1.82, 2.24) is 0 Å². The van der Waals surface area contributed by atoms with E-state index in [2.05, 4.69) is 11.8 Å². The summed E-state index contributed by atoms with van der Waals surface area (Å²) in [6.07, 6.45) is 1.63. The molecule has 0 spiro atoms. The normalized spacial score (nSPS) is 9.71. The molecule has 0 saturated heterocycles. The highest BCUT2D eigenvalue weighted by molar-refractivity contribution is 6.19. The first kappa shape index (κ1) is 11.4. The number of carbonyl (C=O) groups is 1. The van der Waals surface area contributed by atoms with Gasteiger partial charge in [-0.2, -0.15) is 0 Å². The van der Waals surface area contributed by atoms with Crippen LogP contribution in [0.5, 0.6) is 0 Å². The minimum atomic E-state index is -0.351. The largest absolute Gasteiger partial charge is 0.463 e. The second-order valence-electron chi connectivity index (χ2n) is 3.28. The first-order valence-corrected chi connectivity index (χ1v) is 5.35. The van der Waals surface area contributed by atoms with Crippen LogP contribution in [0.25, 0.3) is 11.0 Å². The summed E-state index contributed by atoms with van der Waals surface area (Å²) in [6, 6.07) is 4.96. The number of hydrogen-bond donors (Lipinski definition) is 0. The van der Waals surface area contributed by atoms with E-state index in [0.29, 0.717) is 22.8 Å². The molecule has 0 unspecified atom stereocenters. The van der Waals surface area contributed by atoms with Crippen LogP contribution < -0.4 is 5.43 Å². The fourth-order valence-corrected chi connectivity index (χ4v) is 1.51. The van der Waals surface area contributed by atoms with Crippen LogP contribution in [0.2, 0.25) is 0 Å². The smallest absolute Gasteiger partial charge is 0.203 e. The number of hydrogen-bond acceptors (Lipinski definition) is 3. The van der Waals surface area contributed by atoms with Crippen molar-refractivity contribution in [3.8, 4) is 11.8 Å². The molecule has 0 aliphatic rings. The quantitative estimate of drug-likeness (QED) is 0.440. The van der Waals surface area contributed by atoms with Crippen molar-refractivity contribution in [3.63, 3.8) is 0 Å². The Balaban J connectivity index is 2.70. The van der Waals surface area contributed by atoms with Crippen molar-refractivity contribution in [2.24, 2.45) is 0 Å². The molecule has 17 heavy (non-hydrogen) atoms. The second-order valence-corrected chi connectivity index (χ2v) is 3.55. The maximum atomic E-state index is 11.8. The zero-order valence-electron chi connectivity index (χ0n) is 8.70. The van der Waals surface area contributed by atoms with Gasteiger partial charge in [0.15, 0.2) is 6.29 Å². The van der Waals surface area contributed by atoms with Crippen LogP contribution in [0.4, 0.5) is 0 Å².